The molecular formula is C18H14ClN3O2. The number of nitrogens with one attached hydrogen (secondary N) is 1. The van der Waals surface area contributed by atoms with Crippen molar-refractivity contribution in [2.75, 3.05) is 12.4 Å². The van der Waals surface area contributed by atoms with Crippen LogP contribution >= 0.6 is 11.6 Å². The zero-order valence-electron chi connectivity index (χ0n) is 12.9. The highest BCUT2D eigenvalue weighted by Crippen LogP contribution is 2.20. The van der Waals surface area contributed by atoms with E-state index < -0.39 is 0 Å². The van der Waals surface area contributed by atoms with Gasteiger partial charge in [-0.25, -0.2) is 0 Å². The first kappa shape index (κ1) is 16.0. The van der Waals surface area contributed by atoms with Crippen molar-refractivity contribution in [3.63, 3.8) is 0 Å². The predicted octanol–water partition coefficient (Wildman–Crippen LogP) is 4.06. The number of anilines is 1. The second-order valence-electron chi connectivity index (χ2n) is 5.00. The van der Waals surface area contributed by atoms with Crippen LogP contribution in [0.3, 0.4) is 0 Å². The molecule has 0 fully saturated rings. The fourth-order valence-electron chi connectivity index (χ4n) is 2.14. The first-order valence-electron chi connectivity index (χ1n) is 7.21. The molecule has 2 aromatic carbocycles. The van der Waals surface area contributed by atoms with Crippen LogP contribution in [0.1, 0.15) is 10.4 Å². The molecule has 3 aromatic rings. The Hall–Kier alpha value is -2.92. The third-order valence-corrected chi connectivity index (χ3v) is 3.61. The smallest absolute Gasteiger partial charge is 0.255 e. The number of nitrogens with zero attached hydrogens (tertiary/aromatic N) is 2. The molecule has 6 heteroatoms. The lowest BCUT2D eigenvalue weighted by Gasteiger charge is -2.07. The summed E-state index contributed by atoms with van der Waals surface area (Å²) in [4.78, 5) is 12.3. The van der Waals surface area contributed by atoms with Crippen molar-refractivity contribution in [2.45, 2.75) is 0 Å². The molecule has 0 bridgehead atoms. The van der Waals surface area contributed by atoms with Crippen LogP contribution in [-0.4, -0.2) is 23.2 Å². The SMILES string of the molecule is COc1ccc(-c2ccc(C(=O)Nc3cccc(Cl)c3)cc2)nn1. The highest BCUT2D eigenvalue weighted by molar-refractivity contribution is 6.30. The maximum absolute atomic E-state index is 12.3. The summed E-state index contributed by atoms with van der Waals surface area (Å²) in [5.74, 6) is 0.251. The highest BCUT2D eigenvalue weighted by atomic mass is 35.5. The minimum absolute atomic E-state index is 0.204. The van der Waals surface area contributed by atoms with E-state index in [0.717, 1.165) is 5.56 Å². The van der Waals surface area contributed by atoms with E-state index in [4.69, 9.17) is 16.3 Å². The van der Waals surface area contributed by atoms with E-state index >= 15 is 0 Å². The van der Waals surface area contributed by atoms with Gasteiger partial charge in [0.2, 0.25) is 5.88 Å². The summed E-state index contributed by atoms with van der Waals surface area (Å²) in [5, 5.41) is 11.4. The number of carbonyl (C=O) groups excluding carboxylic acids is 1. The van der Waals surface area contributed by atoms with E-state index in [1.54, 1.807) is 42.5 Å². The summed E-state index contributed by atoms with van der Waals surface area (Å²) in [6, 6.07) is 17.7. The van der Waals surface area contributed by atoms with Gasteiger partial charge in [0.05, 0.1) is 12.8 Å². The molecule has 0 aliphatic rings. The normalized spacial score (nSPS) is 10.2. The Morgan fingerprint density at radius 2 is 1.83 bits per heavy atom. The molecule has 0 saturated heterocycles. The molecule has 0 saturated carbocycles. The molecule has 0 atom stereocenters. The van der Waals surface area contributed by atoms with Crippen LogP contribution in [0.4, 0.5) is 5.69 Å². The van der Waals surface area contributed by atoms with Crippen LogP contribution in [0.5, 0.6) is 5.88 Å². The standard InChI is InChI=1S/C18H14ClN3O2/c1-24-17-10-9-16(21-22-17)12-5-7-13(8-6-12)18(23)20-15-4-2-3-14(19)11-15/h2-11H,1H3,(H,20,23). The van der Waals surface area contributed by atoms with Crippen molar-refractivity contribution >= 4 is 23.2 Å². The molecule has 1 amide bonds. The summed E-state index contributed by atoms with van der Waals surface area (Å²) in [6.07, 6.45) is 0. The van der Waals surface area contributed by atoms with Crippen LogP contribution in [0.15, 0.2) is 60.7 Å². The van der Waals surface area contributed by atoms with Gasteiger partial charge in [-0.05, 0) is 36.4 Å². The Morgan fingerprint density at radius 3 is 2.46 bits per heavy atom. The van der Waals surface area contributed by atoms with Gasteiger partial charge in [0.1, 0.15) is 0 Å². The van der Waals surface area contributed by atoms with Crippen molar-refractivity contribution in [1.82, 2.24) is 10.2 Å². The Balaban J connectivity index is 1.74. The second-order valence-corrected chi connectivity index (χ2v) is 5.44. The number of hydrogen-bond donors (Lipinski definition) is 1. The topological polar surface area (TPSA) is 64.1 Å². The molecule has 5 nitrogen and oxygen atoms in total. The minimum atomic E-state index is -0.204. The third-order valence-electron chi connectivity index (χ3n) is 3.37. The Kier molecular flexibility index (Phi) is 4.72. The van der Waals surface area contributed by atoms with E-state index in [9.17, 15) is 4.79 Å². The van der Waals surface area contributed by atoms with Gasteiger partial charge in [-0.1, -0.05) is 29.8 Å². The van der Waals surface area contributed by atoms with Crippen molar-refractivity contribution in [3.05, 3.63) is 71.2 Å². The van der Waals surface area contributed by atoms with E-state index in [0.29, 0.717) is 27.8 Å². The molecule has 0 aliphatic carbocycles. The number of ether oxygens (including phenoxy) is 1. The van der Waals surface area contributed by atoms with Crippen LogP contribution < -0.4 is 10.1 Å². The van der Waals surface area contributed by atoms with Gasteiger partial charge in [0.25, 0.3) is 5.91 Å². The minimum Gasteiger partial charge on any atom is -0.480 e. The number of aromatic nitrogens is 2. The average Bonchev–Trinajstić information content (AvgIpc) is 2.62. The molecular weight excluding hydrogens is 326 g/mol. The van der Waals surface area contributed by atoms with Gasteiger partial charge in [0, 0.05) is 27.9 Å². The third kappa shape index (κ3) is 3.70. The van der Waals surface area contributed by atoms with E-state index in [1.165, 1.54) is 7.11 Å². The van der Waals surface area contributed by atoms with E-state index in [1.807, 2.05) is 18.2 Å². The maximum atomic E-state index is 12.3. The van der Waals surface area contributed by atoms with E-state index in [-0.39, 0.29) is 5.91 Å². The maximum Gasteiger partial charge on any atom is 0.255 e. The lowest BCUT2D eigenvalue weighted by atomic mass is 10.1. The quantitative estimate of drug-likeness (QED) is 0.778. The van der Waals surface area contributed by atoms with Gasteiger partial charge >= 0.3 is 0 Å². The lowest BCUT2D eigenvalue weighted by Crippen LogP contribution is -2.11. The Labute approximate surface area is 144 Å². The molecule has 24 heavy (non-hydrogen) atoms. The molecule has 1 aromatic heterocycles. The number of hydrogen-bond acceptors (Lipinski definition) is 4. The fourth-order valence-corrected chi connectivity index (χ4v) is 2.34. The molecule has 0 radical (unpaired) electrons. The number of halogens is 1. The van der Waals surface area contributed by atoms with Crippen LogP contribution in [-0.2, 0) is 0 Å². The van der Waals surface area contributed by atoms with Crippen LogP contribution in [0.25, 0.3) is 11.3 Å². The van der Waals surface area contributed by atoms with Gasteiger partial charge in [-0.3, -0.25) is 4.79 Å². The summed E-state index contributed by atoms with van der Waals surface area (Å²) in [7, 11) is 1.54. The largest absolute Gasteiger partial charge is 0.480 e. The van der Waals surface area contributed by atoms with Crippen molar-refractivity contribution < 1.29 is 9.53 Å². The van der Waals surface area contributed by atoms with E-state index in [2.05, 4.69) is 15.5 Å². The molecule has 1 heterocycles. The predicted molar refractivity (Wildman–Crippen MR) is 93.4 cm³/mol. The van der Waals surface area contributed by atoms with Crippen LogP contribution in [0, 0.1) is 0 Å². The average molecular weight is 340 g/mol. The summed E-state index contributed by atoms with van der Waals surface area (Å²) < 4.78 is 4.98. The van der Waals surface area contributed by atoms with Gasteiger partial charge in [0.15, 0.2) is 0 Å². The van der Waals surface area contributed by atoms with Gasteiger partial charge in [-0.2, -0.15) is 0 Å². The zero-order valence-corrected chi connectivity index (χ0v) is 13.6. The molecule has 120 valence electrons. The van der Waals surface area contributed by atoms with Crippen molar-refractivity contribution in [1.29, 1.82) is 0 Å². The number of benzene rings is 2. The Morgan fingerprint density at radius 1 is 1.04 bits per heavy atom. The fraction of sp³-hybridized carbons (Fsp3) is 0.0556. The summed E-state index contributed by atoms with van der Waals surface area (Å²) in [5.41, 5.74) is 2.76. The number of methoxy groups -OCH3 is 1. The van der Waals surface area contributed by atoms with Crippen molar-refractivity contribution in [2.24, 2.45) is 0 Å². The molecule has 0 spiro atoms. The molecule has 3 rings (SSSR count). The highest BCUT2D eigenvalue weighted by Gasteiger charge is 2.08. The van der Waals surface area contributed by atoms with Crippen LogP contribution in [0.2, 0.25) is 5.02 Å². The zero-order chi connectivity index (χ0) is 16.9. The second kappa shape index (κ2) is 7.10. The summed E-state index contributed by atoms with van der Waals surface area (Å²) >= 11 is 5.91. The van der Waals surface area contributed by atoms with Gasteiger partial charge < -0.3 is 10.1 Å². The first-order chi connectivity index (χ1) is 11.7. The van der Waals surface area contributed by atoms with Crippen molar-refractivity contribution in [3.8, 4) is 17.1 Å². The number of rotatable bonds is 4. The number of carbonyl (C=O) groups is 1. The molecule has 0 unspecified atom stereocenters. The lowest BCUT2D eigenvalue weighted by molar-refractivity contribution is 0.102. The molecule has 1 N–H and O–H groups in total. The summed E-state index contributed by atoms with van der Waals surface area (Å²) in [6.45, 7) is 0. The number of amides is 1. The molecule has 0 aliphatic heterocycles. The first-order valence-corrected chi connectivity index (χ1v) is 7.58. The Bertz CT molecular complexity index is 849. The van der Waals surface area contributed by atoms with Gasteiger partial charge in [-0.15, -0.1) is 10.2 Å². The monoisotopic (exact) mass is 339 g/mol.